The average molecular weight is 501 g/mol. The first-order valence-corrected chi connectivity index (χ1v) is 11.8. The number of aryl methyl sites for hydroxylation is 1. The Hall–Kier alpha value is -4.59. The molecule has 1 N–H and O–H groups in total. The Labute approximate surface area is 215 Å². The van der Waals surface area contributed by atoms with Gasteiger partial charge < -0.3 is 14.2 Å². The molecule has 0 radical (unpaired) electrons. The molecule has 1 aliphatic heterocycles. The summed E-state index contributed by atoms with van der Waals surface area (Å²) in [7, 11) is 1.51. The number of nitrogens with zero attached hydrogens (tertiary/aromatic N) is 1. The van der Waals surface area contributed by atoms with Crippen molar-refractivity contribution in [2.45, 2.75) is 33.5 Å². The van der Waals surface area contributed by atoms with E-state index in [-0.39, 0.29) is 11.7 Å². The molecule has 1 saturated heterocycles. The number of nitrogens with one attached hydrogen (secondary N) is 1. The maximum absolute atomic E-state index is 13.2. The van der Waals surface area contributed by atoms with Crippen LogP contribution in [0.4, 0.5) is 10.5 Å². The third kappa shape index (κ3) is 5.98. The van der Waals surface area contributed by atoms with E-state index < -0.39 is 17.8 Å². The number of rotatable bonds is 8. The molecule has 0 saturated carbocycles. The van der Waals surface area contributed by atoms with Crippen LogP contribution in [0.2, 0.25) is 0 Å². The van der Waals surface area contributed by atoms with E-state index in [2.05, 4.69) is 5.32 Å². The Morgan fingerprint density at radius 3 is 2.27 bits per heavy atom. The average Bonchev–Trinajstić information content (AvgIpc) is 2.87. The highest BCUT2D eigenvalue weighted by Gasteiger charge is 2.36. The lowest BCUT2D eigenvalue weighted by Gasteiger charge is -2.26. The second-order valence-electron chi connectivity index (χ2n) is 8.80. The zero-order chi connectivity index (χ0) is 26.5. The lowest BCUT2D eigenvalue weighted by Crippen LogP contribution is -2.54. The second kappa shape index (κ2) is 11.0. The number of hydrogen-bond acceptors (Lipinski definition) is 6. The third-order valence-electron chi connectivity index (χ3n) is 5.58. The third-order valence-corrected chi connectivity index (χ3v) is 5.58. The molecule has 190 valence electrons. The van der Waals surface area contributed by atoms with Gasteiger partial charge in [0.25, 0.3) is 11.8 Å². The van der Waals surface area contributed by atoms with Crippen LogP contribution in [0, 0.1) is 6.92 Å². The monoisotopic (exact) mass is 500 g/mol. The Morgan fingerprint density at radius 1 is 0.919 bits per heavy atom. The Bertz CT molecular complexity index is 1340. The molecule has 0 unspecified atom stereocenters. The molecule has 0 atom stereocenters. The number of benzene rings is 3. The quantitative estimate of drug-likeness (QED) is 0.344. The number of barbiturate groups is 1. The van der Waals surface area contributed by atoms with Crippen LogP contribution in [0.3, 0.4) is 0 Å². The molecule has 1 aliphatic rings. The summed E-state index contributed by atoms with van der Waals surface area (Å²) in [4.78, 5) is 39.2. The number of ether oxygens (including phenoxy) is 3. The van der Waals surface area contributed by atoms with E-state index in [9.17, 15) is 14.4 Å². The van der Waals surface area contributed by atoms with Crippen molar-refractivity contribution in [3.8, 4) is 17.2 Å². The van der Waals surface area contributed by atoms with Gasteiger partial charge in [0.05, 0.1) is 18.9 Å². The first-order valence-electron chi connectivity index (χ1n) is 11.8. The van der Waals surface area contributed by atoms with E-state index in [1.807, 2.05) is 45.0 Å². The predicted octanol–water partition coefficient (Wildman–Crippen LogP) is 5.04. The molecule has 0 aromatic heterocycles. The minimum Gasteiger partial charge on any atom is -0.493 e. The van der Waals surface area contributed by atoms with Crippen molar-refractivity contribution in [2.24, 2.45) is 0 Å². The maximum Gasteiger partial charge on any atom is 0.335 e. The Balaban J connectivity index is 1.53. The molecule has 3 aromatic rings. The lowest BCUT2D eigenvalue weighted by atomic mass is 10.1. The van der Waals surface area contributed by atoms with Gasteiger partial charge in [-0.3, -0.25) is 14.9 Å². The first-order chi connectivity index (χ1) is 17.7. The molecule has 8 heteroatoms. The van der Waals surface area contributed by atoms with Crippen LogP contribution in [-0.4, -0.2) is 31.1 Å². The summed E-state index contributed by atoms with van der Waals surface area (Å²) < 4.78 is 16.9. The maximum atomic E-state index is 13.2. The number of amides is 4. The number of anilines is 1. The molecule has 0 aliphatic carbocycles. The van der Waals surface area contributed by atoms with Gasteiger partial charge in [0.2, 0.25) is 0 Å². The van der Waals surface area contributed by atoms with Crippen molar-refractivity contribution in [2.75, 3.05) is 12.0 Å². The van der Waals surface area contributed by atoms with E-state index in [4.69, 9.17) is 14.2 Å². The summed E-state index contributed by atoms with van der Waals surface area (Å²) in [6.07, 6.45) is 1.36. The van der Waals surface area contributed by atoms with Crippen molar-refractivity contribution in [1.29, 1.82) is 0 Å². The highest BCUT2D eigenvalue weighted by atomic mass is 16.5. The number of hydrogen-bond donors (Lipinski definition) is 1. The van der Waals surface area contributed by atoms with Gasteiger partial charge in [0.15, 0.2) is 11.5 Å². The largest absolute Gasteiger partial charge is 0.493 e. The molecular weight excluding hydrogens is 472 g/mol. The zero-order valence-corrected chi connectivity index (χ0v) is 21.1. The fraction of sp³-hybridized carbons (Fsp3) is 0.207. The number of imide groups is 2. The Morgan fingerprint density at radius 2 is 1.62 bits per heavy atom. The molecular formula is C29H28N2O6. The van der Waals surface area contributed by atoms with Crippen molar-refractivity contribution >= 4 is 29.6 Å². The summed E-state index contributed by atoms with van der Waals surface area (Å²) in [6, 6.07) is 18.8. The van der Waals surface area contributed by atoms with Crippen LogP contribution < -0.4 is 24.4 Å². The van der Waals surface area contributed by atoms with Crippen LogP contribution in [0.15, 0.2) is 72.3 Å². The van der Waals surface area contributed by atoms with Gasteiger partial charge in [-0.2, -0.15) is 0 Å². The summed E-state index contributed by atoms with van der Waals surface area (Å²) in [5, 5.41) is 2.23. The molecule has 37 heavy (non-hydrogen) atoms. The topological polar surface area (TPSA) is 94.2 Å². The van der Waals surface area contributed by atoms with Crippen molar-refractivity contribution < 1.29 is 28.6 Å². The SMILES string of the molecule is COc1cc(/C=C2\C(=O)NC(=O)N(c3ccc(OCc4ccc(C)cc4)cc3)C2=O)ccc1OC(C)C. The van der Waals surface area contributed by atoms with E-state index in [0.717, 1.165) is 10.5 Å². The van der Waals surface area contributed by atoms with E-state index in [0.29, 0.717) is 35.1 Å². The van der Waals surface area contributed by atoms with Gasteiger partial charge in [-0.25, -0.2) is 9.69 Å². The molecule has 1 fully saturated rings. The number of methoxy groups -OCH3 is 1. The summed E-state index contributed by atoms with van der Waals surface area (Å²) in [6.45, 7) is 6.20. The first kappa shape index (κ1) is 25.5. The van der Waals surface area contributed by atoms with E-state index >= 15 is 0 Å². The van der Waals surface area contributed by atoms with Crippen LogP contribution in [0.5, 0.6) is 17.2 Å². The van der Waals surface area contributed by atoms with Crippen LogP contribution in [-0.2, 0) is 16.2 Å². The zero-order valence-electron chi connectivity index (χ0n) is 21.1. The molecule has 0 bridgehead atoms. The van der Waals surface area contributed by atoms with Gasteiger partial charge >= 0.3 is 6.03 Å². The van der Waals surface area contributed by atoms with Crippen LogP contribution in [0.1, 0.15) is 30.5 Å². The fourth-order valence-corrected chi connectivity index (χ4v) is 3.73. The predicted molar refractivity (Wildman–Crippen MR) is 140 cm³/mol. The normalized spacial score (nSPS) is 14.7. The van der Waals surface area contributed by atoms with Gasteiger partial charge in [0, 0.05) is 0 Å². The summed E-state index contributed by atoms with van der Waals surface area (Å²) in [5.74, 6) is 0.0765. The van der Waals surface area contributed by atoms with Crippen LogP contribution in [0.25, 0.3) is 6.08 Å². The fourth-order valence-electron chi connectivity index (χ4n) is 3.73. The second-order valence-corrected chi connectivity index (χ2v) is 8.80. The van der Waals surface area contributed by atoms with Gasteiger partial charge in [-0.05, 0) is 74.4 Å². The van der Waals surface area contributed by atoms with Crippen molar-refractivity contribution in [1.82, 2.24) is 5.32 Å². The molecule has 4 rings (SSSR count). The van der Waals surface area contributed by atoms with Gasteiger partial charge in [-0.1, -0.05) is 35.9 Å². The van der Waals surface area contributed by atoms with Crippen molar-refractivity contribution in [3.05, 3.63) is 89.0 Å². The van der Waals surface area contributed by atoms with Gasteiger partial charge in [-0.15, -0.1) is 0 Å². The highest BCUT2D eigenvalue weighted by molar-refractivity contribution is 6.39. The molecule has 3 aromatic carbocycles. The van der Waals surface area contributed by atoms with E-state index in [1.165, 1.54) is 18.7 Å². The molecule has 4 amide bonds. The minimum atomic E-state index is -0.821. The molecule has 1 heterocycles. The molecule has 0 spiro atoms. The van der Waals surface area contributed by atoms with Crippen molar-refractivity contribution in [3.63, 3.8) is 0 Å². The number of urea groups is 1. The summed E-state index contributed by atoms with van der Waals surface area (Å²) >= 11 is 0. The minimum absolute atomic E-state index is 0.0530. The lowest BCUT2D eigenvalue weighted by molar-refractivity contribution is -0.122. The standard InChI is InChI=1S/C29H28N2O6/c1-18(2)37-25-14-9-21(16-26(25)35-4)15-24-27(32)30-29(34)31(28(24)33)22-10-12-23(13-11-22)36-17-20-7-5-19(3)6-8-20/h5-16,18H,17H2,1-4H3,(H,30,32,34)/b24-15+. The van der Waals surface area contributed by atoms with E-state index in [1.54, 1.807) is 42.5 Å². The number of carbonyl (C=O) groups excluding carboxylic acids is 3. The Kier molecular flexibility index (Phi) is 7.57. The smallest absolute Gasteiger partial charge is 0.335 e. The summed E-state index contributed by atoms with van der Waals surface area (Å²) in [5.41, 5.74) is 2.86. The molecule has 8 nitrogen and oxygen atoms in total. The highest BCUT2D eigenvalue weighted by Crippen LogP contribution is 2.31. The number of carbonyl (C=O) groups is 3. The van der Waals surface area contributed by atoms with Gasteiger partial charge in [0.1, 0.15) is 17.9 Å². The van der Waals surface area contributed by atoms with Crippen LogP contribution >= 0.6 is 0 Å².